The Morgan fingerprint density at radius 1 is 1.12 bits per heavy atom. The fourth-order valence-electron chi connectivity index (χ4n) is 2.24. The third-order valence-electron chi connectivity index (χ3n) is 3.47. The summed E-state index contributed by atoms with van der Waals surface area (Å²) < 4.78 is 10.6. The number of carboxylic acid groups (broad SMARTS) is 1. The van der Waals surface area contributed by atoms with Crippen LogP contribution >= 0.6 is 0 Å². The summed E-state index contributed by atoms with van der Waals surface area (Å²) in [5.41, 5.74) is 1.69. The minimum atomic E-state index is -1.16. The van der Waals surface area contributed by atoms with Crippen LogP contribution in [0.1, 0.15) is 28.4 Å². The van der Waals surface area contributed by atoms with Crippen LogP contribution < -0.4 is 4.74 Å². The molecule has 0 spiro atoms. The molecule has 0 amide bonds. The quantitative estimate of drug-likeness (QED) is 0.408. The van der Waals surface area contributed by atoms with Gasteiger partial charge in [0.25, 0.3) is 0 Å². The SMILES string of the molecule is CCO/C(=C\c1cccc(OCC(=O)c2cccc(CO)c2)c1)C(=O)O. The van der Waals surface area contributed by atoms with E-state index in [4.69, 9.17) is 19.7 Å². The number of ketones is 1. The van der Waals surface area contributed by atoms with E-state index >= 15 is 0 Å². The highest BCUT2D eigenvalue weighted by Crippen LogP contribution is 2.17. The second-order valence-corrected chi connectivity index (χ2v) is 5.39. The van der Waals surface area contributed by atoms with Crippen molar-refractivity contribution in [2.24, 2.45) is 0 Å². The first kappa shape index (κ1) is 19.2. The first-order chi connectivity index (χ1) is 12.5. The van der Waals surface area contributed by atoms with E-state index in [2.05, 4.69) is 0 Å². The first-order valence-corrected chi connectivity index (χ1v) is 8.07. The third kappa shape index (κ3) is 5.46. The van der Waals surface area contributed by atoms with Crippen molar-refractivity contribution in [1.29, 1.82) is 0 Å². The maximum atomic E-state index is 12.2. The Morgan fingerprint density at radius 3 is 2.58 bits per heavy atom. The van der Waals surface area contributed by atoms with Crippen LogP contribution in [0.5, 0.6) is 5.75 Å². The number of benzene rings is 2. The van der Waals surface area contributed by atoms with Crippen LogP contribution in [0, 0.1) is 0 Å². The number of rotatable bonds is 9. The van der Waals surface area contributed by atoms with Gasteiger partial charge in [0.05, 0.1) is 13.2 Å². The number of Topliss-reactive ketones (excluding diaryl/α,β-unsaturated/α-hetero) is 1. The highest BCUT2D eigenvalue weighted by molar-refractivity contribution is 5.97. The van der Waals surface area contributed by atoms with Gasteiger partial charge in [0.15, 0.2) is 12.4 Å². The lowest BCUT2D eigenvalue weighted by atomic mass is 10.1. The Kier molecular flexibility index (Phi) is 6.93. The van der Waals surface area contributed by atoms with Crippen molar-refractivity contribution in [3.05, 3.63) is 71.0 Å². The Hall–Kier alpha value is -3.12. The smallest absolute Gasteiger partial charge is 0.371 e. The zero-order valence-electron chi connectivity index (χ0n) is 14.3. The van der Waals surface area contributed by atoms with Crippen molar-refractivity contribution in [3.8, 4) is 5.75 Å². The molecule has 0 saturated heterocycles. The summed E-state index contributed by atoms with van der Waals surface area (Å²) in [5.74, 6) is -1.10. The fraction of sp³-hybridized carbons (Fsp3) is 0.200. The number of aliphatic carboxylic acids is 1. The van der Waals surface area contributed by atoms with Crippen molar-refractivity contribution in [1.82, 2.24) is 0 Å². The van der Waals surface area contributed by atoms with Gasteiger partial charge in [-0.3, -0.25) is 4.79 Å². The monoisotopic (exact) mass is 356 g/mol. The van der Waals surface area contributed by atoms with Gasteiger partial charge in [-0.2, -0.15) is 0 Å². The molecule has 0 aliphatic rings. The van der Waals surface area contributed by atoms with E-state index in [1.165, 1.54) is 6.08 Å². The number of hydrogen-bond donors (Lipinski definition) is 2. The summed E-state index contributed by atoms with van der Waals surface area (Å²) >= 11 is 0. The molecule has 0 fully saturated rings. The number of aliphatic hydroxyl groups excluding tert-OH is 1. The first-order valence-electron chi connectivity index (χ1n) is 8.07. The summed E-state index contributed by atoms with van der Waals surface area (Å²) in [6, 6.07) is 13.4. The van der Waals surface area contributed by atoms with E-state index in [-0.39, 0.29) is 31.4 Å². The van der Waals surface area contributed by atoms with E-state index in [1.807, 2.05) is 0 Å². The van der Waals surface area contributed by atoms with Gasteiger partial charge in [-0.25, -0.2) is 4.79 Å². The Bertz CT molecular complexity index is 809. The average molecular weight is 356 g/mol. The zero-order chi connectivity index (χ0) is 18.9. The minimum Gasteiger partial charge on any atom is -0.487 e. The molecule has 0 bridgehead atoms. The lowest BCUT2D eigenvalue weighted by Gasteiger charge is -2.08. The van der Waals surface area contributed by atoms with Crippen LogP contribution in [0.25, 0.3) is 6.08 Å². The van der Waals surface area contributed by atoms with E-state index in [1.54, 1.807) is 55.5 Å². The number of ether oxygens (including phenoxy) is 2. The molecular weight excluding hydrogens is 336 g/mol. The molecule has 6 nitrogen and oxygen atoms in total. The predicted octanol–water partition coefficient (Wildman–Crippen LogP) is 2.90. The highest BCUT2D eigenvalue weighted by atomic mass is 16.5. The molecule has 0 saturated carbocycles. The van der Waals surface area contributed by atoms with E-state index in [9.17, 15) is 9.59 Å². The van der Waals surface area contributed by atoms with Gasteiger partial charge >= 0.3 is 5.97 Å². The van der Waals surface area contributed by atoms with Crippen LogP contribution in [0.2, 0.25) is 0 Å². The van der Waals surface area contributed by atoms with Crippen LogP contribution in [0.4, 0.5) is 0 Å². The molecule has 0 heterocycles. The van der Waals surface area contributed by atoms with E-state index < -0.39 is 5.97 Å². The van der Waals surface area contributed by atoms with Crippen LogP contribution in [0.15, 0.2) is 54.3 Å². The molecule has 2 N–H and O–H groups in total. The van der Waals surface area contributed by atoms with Gasteiger partial charge in [0.1, 0.15) is 5.75 Å². The fourth-order valence-corrected chi connectivity index (χ4v) is 2.24. The summed E-state index contributed by atoms with van der Waals surface area (Å²) in [6.45, 7) is 1.64. The molecule has 6 heteroatoms. The molecule has 136 valence electrons. The number of carbonyl (C=O) groups is 2. The zero-order valence-corrected chi connectivity index (χ0v) is 14.3. The summed E-state index contributed by atoms with van der Waals surface area (Å²) in [4.78, 5) is 23.3. The average Bonchev–Trinajstić information content (AvgIpc) is 2.66. The molecule has 2 aromatic carbocycles. The molecular formula is C20H20O6. The van der Waals surface area contributed by atoms with E-state index in [0.717, 1.165) is 0 Å². The van der Waals surface area contributed by atoms with Gasteiger partial charge in [-0.15, -0.1) is 0 Å². The van der Waals surface area contributed by atoms with Gasteiger partial charge < -0.3 is 19.7 Å². The van der Waals surface area contributed by atoms with Crippen molar-refractivity contribution in [2.45, 2.75) is 13.5 Å². The van der Waals surface area contributed by atoms with Gasteiger partial charge in [0.2, 0.25) is 5.76 Å². The van der Waals surface area contributed by atoms with Crippen molar-refractivity contribution < 1.29 is 29.3 Å². The van der Waals surface area contributed by atoms with Gasteiger partial charge in [-0.1, -0.05) is 30.3 Å². The molecule has 2 aromatic rings. The van der Waals surface area contributed by atoms with Crippen molar-refractivity contribution >= 4 is 17.8 Å². The summed E-state index contributed by atoms with van der Waals surface area (Å²) in [7, 11) is 0. The molecule has 0 atom stereocenters. The number of carbonyl (C=O) groups excluding carboxylic acids is 1. The predicted molar refractivity (Wildman–Crippen MR) is 95.9 cm³/mol. The summed E-state index contributed by atoms with van der Waals surface area (Å²) in [5, 5.41) is 18.2. The highest BCUT2D eigenvalue weighted by Gasteiger charge is 2.10. The number of aliphatic hydroxyl groups is 1. The lowest BCUT2D eigenvalue weighted by Crippen LogP contribution is -2.12. The van der Waals surface area contributed by atoms with Crippen LogP contribution in [-0.2, 0) is 16.1 Å². The molecule has 0 aromatic heterocycles. The van der Waals surface area contributed by atoms with Gasteiger partial charge in [0, 0.05) is 5.56 Å². The lowest BCUT2D eigenvalue weighted by molar-refractivity contribution is -0.136. The topological polar surface area (TPSA) is 93.1 Å². The molecule has 0 unspecified atom stereocenters. The molecule has 2 rings (SSSR count). The second kappa shape index (κ2) is 9.39. The van der Waals surface area contributed by atoms with Crippen LogP contribution in [-0.4, -0.2) is 35.2 Å². The Balaban J connectivity index is 2.07. The van der Waals surface area contributed by atoms with Crippen molar-refractivity contribution in [2.75, 3.05) is 13.2 Å². The second-order valence-electron chi connectivity index (χ2n) is 5.39. The standard InChI is InChI=1S/C20H20O6/c1-2-25-19(20(23)24)11-14-5-4-8-17(10-14)26-13-18(22)16-7-3-6-15(9-16)12-21/h3-11,21H,2,12-13H2,1H3,(H,23,24)/b19-11-. The number of hydrogen-bond acceptors (Lipinski definition) is 5. The maximum absolute atomic E-state index is 12.2. The maximum Gasteiger partial charge on any atom is 0.371 e. The normalized spacial score (nSPS) is 11.1. The molecule has 0 aliphatic carbocycles. The minimum absolute atomic E-state index is 0.137. The largest absolute Gasteiger partial charge is 0.487 e. The Labute approximate surface area is 151 Å². The van der Waals surface area contributed by atoms with Gasteiger partial charge in [-0.05, 0) is 42.3 Å². The molecule has 0 aliphatic heterocycles. The Morgan fingerprint density at radius 2 is 1.88 bits per heavy atom. The van der Waals surface area contributed by atoms with Crippen LogP contribution in [0.3, 0.4) is 0 Å². The molecule has 0 radical (unpaired) electrons. The van der Waals surface area contributed by atoms with Crippen molar-refractivity contribution in [3.63, 3.8) is 0 Å². The number of carboxylic acids is 1. The van der Waals surface area contributed by atoms with E-state index in [0.29, 0.717) is 22.4 Å². The third-order valence-corrected chi connectivity index (χ3v) is 3.47. The molecule has 26 heavy (non-hydrogen) atoms. The summed E-state index contributed by atoms with van der Waals surface area (Å²) in [6.07, 6.45) is 1.39.